The van der Waals surface area contributed by atoms with Crippen LogP contribution in [0.5, 0.6) is 5.75 Å². The topological polar surface area (TPSA) is 69.9 Å². The van der Waals surface area contributed by atoms with Crippen LogP contribution in [0, 0.1) is 12.7 Å². The van der Waals surface area contributed by atoms with Crippen LogP contribution < -0.4 is 10.2 Å². The van der Waals surface area contributed by atoms with Gasteiger partial charge in [0.15, 0.2) is 0 Å². The molecule has 0 unspecified atom stereocenters. The van der Waals surface area contributed by atoms with Gasteiger partial charge in [-0.25, -0.2) is 9.37 Å². The maximum atomic E-state index is 13.2. The molecule has 2 aromatic carbocycles. The van der Waals surface area contributed by atoms with E-state index in [4.69, 9.17) is 0 Å². The number of aromatic nitrogens is 2. The lowest BCUT2D eigenvalue weighted by Crippen LogP contribution is -2.32. The number of carbonyl (C=O) groups excluding carboxylic acids is 1. The number of halogens is 1. The predicted octanol–water partition coefficient (Wildman–Crippen LogP) is 4.80. The number of nitrogens with zero attached hydrogens (tertiary/aromatic N) is 3. The summed E-state index contributed by atoms with van der Waals surface area (Å²) in [6.07, 6.45) is 3.58. The Morgan fingerprint density at radius 2 is 1.76 bits per heavy atom. The molecule has 3 heterocycles. The van der Waals surface area contributed by atoms with E-state index in [0.717, 1.165) is 31.5 Å². The van der Waals surface area contributed by atoms with Crippen LogP contribution in [0.3, 0.4) is 0 Å². The summed E-state index contributed by atoms with van der Waals surface area (Å²) in [5.41, 5.74) is 5.04. The monoisotopic (exact) mass is 458 g/mol. The number of nitrogens with one attached hydrogen (secondary N) is 1. The van der Waals surface area contributed by atoms with Crippen LogP contribution in [0.25, 0.3) is 5.65 Å². The molecule has 6 nitrogen and oxygen atoms in total. The molecule has 0 spiro atoms. The first-order valence-corrected chi connectivity index (χ1v) is 11.5. The third-order valence-corrected chi connectivity index (χ3v) is 6.58. The molecule has 5 rings (SSSR count). The molecule has 4 aromatic rings. The maximum absolute atomic E-state index is 13.2. The molecule has 1 amide bonds. The third-order valence-electron chi connectivity index (χ3n) is 6.58. The lowest BCUT2D eigenvalue weighted by molar-refractivity contribution is 0.0944. The third kappa shape index (κ3) is 4.46. The summed E-state index contributed by atoms with van der Waals surface area (Å²) >= 11 is 0. The number of benzene rings is 2. The largest absolute Gasteiger partial charge is 0.506 e. The van der Waals surface area contributed by atoms with E-state index in [1.165, 1.54) is 17.4 Å². The molecule has 0 bridgehead atoms. The van der Waals surface area contributed by atoms with Gasteiger partial charge in [0.25, 0.3) is 5.91 Å². The average molecular weight is 459 g/mol. The van der Waals surface area contributed by atoms with Crippen molar-refractivity contribution in [2.75, 3.05) is 18.0 Å². The number of imidazole rings is 1. The second-order valence-electron chi connectivity index (χ2n) is 8.82. The zero-order valence-corrected chi connectivity index (χ0v) is 19.0. The molecule has 2 N–H and O–H groups in total. The second-order valence-corrected chi connectivity index (χ2v) is 8.82. The summed E-state index contributed by atoms with van der Waals surface area (Å²) < 4.78 is 14.8. The molecule has 2 aromatic heterocycles. The van der Waals surface area contributed by atoms with Crippen LogP contribution in [0.4, 0.5) is 10.1 Å². The highest BCUT2D eigenvalue weighted by Crippen LogP contribution is 2.30. The standard InChI is InChI=1S/C27H27FN4O2/c1-18-26(32-17-24(33)10-11-25(32)30-18)27(34)29-16-19-2-8-23(9-3-19)31-14-12-21(13-15-31)20-4-6-22(28)7-5-20/h2-11,17,21,33H,12-16H2,1H3,(H,29,34). The fraction of sp³-hybridized carbons (Fsp3) is 0.259. The van der Waals surface area contributed by atoms with Crippen molar-refractivity contribution in [3.8, 4) is 5.75 Å². The second kappa shape index (κ2) is 9.17. The first kappa shape index (κ1) is 21.9. The normalized spacial score (nSPS) is 14.5. The predicted molar refractivity (Wildman–Crippen MR) is 130 cm³/mol. The van der Waals surface area contributed by atoms with Gasteiger partial charge in [-0.2, -0.15) is 0 Å². The summed E-state index contributed by atoms with van der Waals surface area (Å²) in [4.78, 5) is 19.6. The first-order valence-electron chi connectivity index (χ1n) is 11.5. The van der Waals surface area contributed by atoms with Crippen LogP contribution in [0.15, 0.2) is 66.9 Å². The zero-order chi connectivity index (χ0) is 23.7. The lowest BCUT2D eigenvalue weighted by atomic mass is 9.89. The molecule has 0 aliphatic carbocycles. The van der Waals surface area contributed by atoms with Gasteiger partial charge in [0, 0.05) is 25.3 Å². The van der Waals surface area contributed by atoms with E-state index in [9.17, 15) is 14.3 Å². The zero-order valence-electron chi connectivity index (χ0n) is 19.0. The number of anilines is 1. The van der Waals surface area contributed by atoms with Crippen LogP contribution in [-0.2, 0) is 6.54 Å². The number of hydrogen-bond donors (Lipinski definition) is 2. The fourth-order valence-corrected chi connectivity index (χ4v) is 4.72. The van der Waals surface area contributed by atoms with Gasteiger partial charge < -0.3 is 15.3 Å². The lowest BCUT2D eigenvalue weighted by Gasteiger charge is -2.34. The molecule has 34 heavy (non-hydrogen) atoms. The molecular weight excluding hydrogens is 431 g/mol. The number of pyridine rings is 1. The minimum absolute atomic E-state index is 0.0798. The Morgan fingerprint density at radius 1 is 1.06 bits per heavy atom. The smallest absolute Gasteiger partial charge is 0.270 e. The average Bonchev–Trinajstić information content (AvgIpc) is 3.18. The molecular formula is C27H27FN4O2. The number of carbonyl (C=O) groups is 1. The SMILES string of the molecule is Cc1nc2ccc(O)cn2c1C(=O)NCc1ccc(N2CCC(c3ccc(F)cc3)CC2)cc1. The Morgan fingerprint density at radius 3 is 2.47 bits per heavy atom. The number of aryl methyl sites for hydroxylation is 1. The Kier molecular flexibility index (Phi) is 5.92. The van der Waals surface area contributed by atoms with Gasteiger partial charge in [-0.3, -0.25) is 9.20 Å². The first-order chi connectivity index (χ1) is 16.5. The van der Waals surface area contributed by atoms with Gasteiger partial charge in [0.2, 0.25) is 0 Å². The van der Waals surface area contributed by atoms with Crippen LogP contribution >= 0.6 is 0 Å². The molecule has 1 aliphatic rings. The number of piperidine rings is 1. The molecule has 0 radical (unpaired) electrons. The van der Waals surface area contributed by atoms with Crippen LogP contribution in [0.1, 0.15) is 46.1 Å². The van der Waals surface area contributed by atoms with Crippen molar-refractivity contribution in [3.05, 3.63) is 95.2 Å². The molecule has 7 heteroatoms. The quantitative estimate of drug-likeness (QED) is 0.451. The molecule has 1 fully saturated rings. The highest BCUT2D eigenvalue weighted by molar-refractivity contribution is 5.94. The van der Waals surface area contributed by atoms with Crippen molar-refractivity contribution in [3.63, 3.8) is 0 Å². The van der Waals surface area contributed by atoms with Gasteiger partial charge in [-0.1, -0.05) is 24.3 Å². The van der Waals surface area contributed by atoms with E-state index in [2.05, 4.69) is 27.3 Å². The van der Waals surface area contributed by atoms with Gasteiger partial charge in [0.1, 0.15) is 22.9 Å². The van der Waals surface area contributed by atoms with Gasteiger partial charge >= 0.3 is 0 Å². The summed E-state index contributed by atoms with van der Waals surface area (Å²) in [6.45, 7) is 4.10. The Labute approximate surface area is 197 Å². The van der Waals surface area contributed by atoms with Crippen LogP contribution in [-0.4, -0.2) is 33.5 Å². The van der Waals surface area contributed by atoms with Gasteiger partial charge in [-0.15, -0.1) is 0 Å². The van der Waals surface area contributed by atoms with Crippen molar-refractivity contribution in [2.24, 2.45) is 0 Å². The molecule has 0 saturated carbocycles. The maximum Gasteiger partial charge on any atom is 0.270 e. The molecule has 0 atom stereocenters. The fourth-order valence-electron chi connectivity index (χ4n) is 4.72. The van der Waals surface area contributed by atoms with Crippen molar-refractivity contribution in [2.45, 2.75) is 32.2 Å². The summed E-state index contributed by atoms with van der Waals surface area (Å²) in [5, 5.41) is 12.7. The number of rotatable bonds is 5. The van der Waals surface area contributed by atoms with E-state index in [-0.39, 0.29) is 17.5 Å². The van der Waals surface area contributed by atoms with E-state index in [0.29, 0.717) is 29.5 Å². The molecule has 1 saturated heterocycles. The number of aromatic hydroxyl groups is 1. The van der Waals surface area contributed by atoms with Crippen molar-refractivity contribution < 1.29 is 14.3 Å². The Hall–Kier alpha value is -3.87. The van der Waals surface area contributed by atoms with Gasteiger partial charge in [0.05, 0.1) is 11.9 Å². The van der Waals surface area contributed by atoms with E-state index < -0.39 is 0 Å². The van der Waals surface area contributed by atoms with E-state index in [1.54, 1.807) is 35.6 Å². The molecule has 174 valence electrons. The van der Waals surface area contributed by atoms with E-state index >= 15 is 0 Å². The van der Waals surface area contributed by atoms with Crippen LogP contribution in [0.2, 0.25) is 0 Å². The number of hydrogen-bond acceptors (Lipinski definition) is 4. The van der Waals surface area contributed by atoms with E-state index in [1.807, 2.05) is 24.3 Å². The Bertz CT molecular complexity index is 1310. The highest BCUT2D eigenvalue weighted by Gasteiger charge is 2.21. The van der Waals surface area contributed by atoms with Crippen molar-refractivity contribution in [1.29, 1.82) is 0 Å². The summed E-state index contributed by atoms with van der Waals surface area (Å²) in [5.74, 6) is 0.126. The van der Waals surface area contributed by atoms with Crippen molar-refractivity contribution >= 4 is 17.2 Å². The minimum Gasteiger partial charge on any atom is -0.506 e. The Balaban J connectivity index is 1.18. The molecule has 1 aliphatic heterocycles. The summed E-state index contributed by atoms with van der Waals surface area (Å²) in [6, 6.07) is 18.4. The minimum atomic E-state index is -0.234. The number of fused-ring (bicyclic) bond motifs is 1. The summed E-state index contributed by atoms with van der Waals surface area (Å²) in [7, 11) is 0. The van der Waals surface area contributed by atoms with Gasteiger partial charge in [-0.05, 0) is 73.2 Å². The number of amides is 1. The van der Waals surface area contributed by atoms with Crippen molar-refractivity contribution in [1.82, 2.24) is 14.7 Å². The highest BCUT2D eigenvalue weighted by atomic mass is 19.1.